The summed E-state index contributed by atoms with van der Waals surface area (Å²) in [5.74, 6) is 0.941. The van der Waals surface area contributed by atoms with Gasteiger partial charge in [0.25, 0.3) is 0 Å². The second kappa shape index (κ2) is 8.52. The van der Waals surface area contributed by atoms with Crippen molar-refractivity contribution in [3.8, 4) is 0 Å². The minimum atomic E-state index is 0.113. The standard InChI is InChI=1S/C19H31N5S/c1-7-20-18(24(6)13-15-9-8-12-23(15)5)21-11-10-17-22-16(14-25-17)19(2,3)4/h8-9,12,14H,7,10-11,13H2,1-6H3,(H,20,21). The number of hydrogen-bond donors (Lipinski definition) is 1. The van der Waals surface area contributed by atoms with E-state index in [0.717, 1.165) is 37.0 Å². The molecule has 0 aliphatic rings. The molecule has 0 spiro atoms. The molecule has 2 rings (SSSR count). The fourth-order valence-electron chi connectivity index (χ4n) is 2.48. The van der Waals surface area contributed by atoms with Crippen LogP contribution in [-0.2, 0) is 25.4 Å². The summed E-state index contributed by atoms with van der Waals surface area (Å²) in [7, 11) is 4.15. The molecule has 2 heterocycles. The van der Waals surface area contributed by atoms with Crippen molar-refractivity contribution in [1.29, 1.82) is 0 Å². The Labute approximate surface area is 155 Å². The van der Waals surface area contributed by atoms with Gasteiger partial charge in [-0.25, -0.2) is 4.98 Å². The molecule has 25 heavy (non-hydrogen) atoms. The van der Waals surface area contributed by atoms with E-state index in [-0.39, 0.29) is 5.41 Å². The van der Waals surface area contributed by atoms with Gasteiger partial charge in [0.05, 0.1) is 17.2 Å². The van der Waals surface area contributed by atoms with Crippen LogP contribution in [0, 0.1) is 0 Å². The molecular formula is C19H31N5S. The first-order valence-corrected chi connectivity index (χ1v) is 9.73. The number of thiazole rings is 1. The molecule has 0 aliphatic carbocycles. The summed E-state index contributed by atoms with van der Waals surface area (Å²) in [6.45, 7) is 11.1. The molecule has 1 N–H and O–H groups in total. The fourth-order valence-corrected chi connectivity index (χ4v) is 3.49. The first kappa shape index (κ1) is 19.5. The monoisotopic (exact) mass is 361 g/mol. The van der Waals surface area contributed by atoms with Crippen molar-refractivity contribution in [2.75, 3.05) is 20.1 Å². The van der Waals surface area contributed by atoms with Crippen LogP contribution < -0.4 is 5.32 Å². The third-order valence-electron chi connectivity index (χ3n) is 4.05. The van der Waals surface area contributed by atoms with Crippen LogP contribution in [0.1, 0.15) is 44.1 Å². The highest BCUT2D eigenvalue weighted by Crippen LogP contribution is 2.24. The van der Waals surface area contributed by atoms with E-state index in [1.807, 2.05) is 0 Å². The molecule has 5 nitrogen and oxygen atoms in total. The maximum absolute atomic E-state index is 4.78. The highest BCUT2D eigenvalue weighted by Gasteiger charge is 2.17. The van der Waals surface area contributed by atoms with Crippen molar-refractivity contribution >= 4 is 17.3 Å². The summed E-state index contributed by atoms with van der Waals surface area (Å²) < 4.78 is 2.14. The first-order valence-electron chi connectivity index (χ1n) is 8.85. The molecule has 0 aromatic carbocycles. The predicted molar refractivity (Wildman–Crippen MR) is 107 cm³/mol. The quantitative estimate of drug-likeness (QED) is 0.633. The molecule has 0 saturated carbocycles. The second-order valence-electron chi connectivity index (χ2n) is 7.33. The maximum atomic E-state index is 4.78. The molecule has 0 fully saturated rings. The van der Waals surface area contributed by atoms with Gasteiger partial charge in [0.2, 0.25) is 0 Å². The summed E-state index contributed by atoms with van der Waals surface area (Å²) in [5, 5.41) is 6.71. The molecule has 2 aromatic rings. The van der Waals surface area contributed by atoms with E-state index in [1.54, 1.807) is 11.3 Å². The van der Waals surface area contributed by atoms with E-state index in [2.05, 4.69) is 80.3 Å². The molecule has 138 valence electrons. The van der Waals surface area contributed by atoms with Crippen LogP contribution in [0.5, 0.6) is 0 Å². The smallest absolute Gasteiger partial charge is 0.194 e. The van der Waals surface area contributed by atoms with Crippen molar-refractivity contribution in [3.05, 3.63) is 40.1 Å². The van der Waals surface area contributed by atoms with E-state index < -0.39 is 0 Å². The van der Waals surface area contributed by atoms with Crippen LogP contribution >= 0.6 is 11.3 Å². The Morgan fingerprint density at radius 1 is 1.40 bits per heavy atom. The van der Waals surface area contributed by atoms with Gasteiger partial charge >= 0.3 is 0 Å². The van der Waals surface area contributed by atoms with Gasteiger partial charge in [-0.1, -0.05) is 20.8 Å². The van der Waals surface area contributed by atoms with E-state index in [1.165, 1.54) is 11.4 Å². The number of guanidine groups is 1. The molecule has 2 aromatic heterocycles. The van der Waals surface area contributed by atoms with Gasteiger partial charge in [0, 0.05) is 56.3 Å². The van der Waals surface area contributed by atoms with Gasteiger partial charge in [-0.2, -0.15) is 0 Å². The van der Waals surface area contributed by atoms with Crippen LogP contribution in [0.3, 0.4) is 0 Å². The maximum Gasteiger partial charge on any atom is 0.194 e. The van der Waals surface area contributed by atoms with Crippen LogP contribution in [0.4, 0.5) is 0 Å². The van der Waals surface area contributed by atoms with Gasteiger partial charge in [0.1, 0.15) is 0 Å². The third kappa shape index (κ3) is 5.59. The van der Waals surface area contributed by atoms with E-state index >= 15 is 0 Å². The van der Waals surface area contributed by atoms with Crippen LogP contribution in [0.15, 0.2) is 28.7 Å². The van der Waals surface area contributed by atoms with E-state index in [9.17, 15) is 0 Å². The van der Waals surface area contributed by atoms with Crippen molar-refractivity contribution in [2.24, 2.45) is 12.0 Å². The summed E-state index contributed by atoms with van der Waals surface area (Å²) in [5.41, 5.74) is 2.55. The zero-order chi connectivity index (χ0) is 18.4. The lowest BCUT2D eigenvalue weighted by atomic mass is 9.93. The van der Waals surface area contributed by atoms with E-state index in [4.69, 9.17) is 9.98 Å². The Morgan fingerprint density at radius 2 is 2.16 bits per heavy atom. The minimum Gasteiger partial charge on any atom is -0.357 e. The Kier molecular flexibility index (Phi) is 6.64. The Hall–Kier alpha value is -1.82. The average molecular weight is 362 g/mol. The first-order chi connectivity index (χ1) is 11.8. The topological polar surface area (TPSA) is 45.5 Å². The van der Waals surface area contributed by atoms with Crippen LogP contribution in [0.2, 0.25) is 0 Å². The van der Waals surface area contributed by atoms with Gasteiger partial charge < -0.3 is 14.8 Å². The minimum absolute atomic E-state index is 0.113. The number of aliphatic imine (C=N–C) groups is 1. The largest absolute Gasteiger partial charge is 0.357 e. The molecule has 0 saturated heterocycles. The lowest BCUT2D eigenvalue weighted by molar-refractivity contribution is 0.462. The molecule has 0 radical (unpaired) electrons. The van der Waals surface area contributed by atoms with Crippen molar-refractivity contribution in [2.45, 2.75) is 46.1 Å². The number of nitrogens with one attached hydrogen (secondary N) is 1. The predicted octanol–water partition coefficient (Wildman–Crippen LogP) is 3.42. The van der Waals surface area contributed by atoms with Crippen LogP contribution in [-0.4, -0.2) is 40.5 Å². The number of aromatic nitrogens is 2. The Bertz CT molecular complexity index is 693. The highest BCUT2D eigenvalue weighted by atomic mass is 32.1. The van der Waals surface area contributed by atoms with Crippen LogP contribution in [0.25, 0.3) is 0 Å². The fraction of sp³-hybridized carbons (Fsp3) is 0.579. The Morgan fingerprint density at radius 3 is 2.72 bits per heavy atom. The van der Waals surface area contributed by atoms with Crippen molar-refractivity contribution in [1.82, 2.24) is 19.8 Å². The number of aryl methyl sites for hydroxylation is 1. The number of nitrogens with zero attached hydrogens (tertiary/aromatic N) is 4. The zero-order valence-electron chi connectivity index (χ0n) is 16.3. The molecule has 0 unspecified atom stereocenters. The summed E-state index contributed by atoms with van der Waals surface area (Å²) in [6.07, 6.45) is 2.95. The zero-order valence-corrected chi connectivity index (χ0v) is 17.2. The van der Waals surface area contributed by atoms with Gasteiger partial charge in [-0.05, 0) is 19.1 Å². The van der Waals surface area contributed by atoms with Crippen molar-refractivity contribution in [3.63, 3.8) is 0 Å². The molecule has 6 heteroatoms. The number of rotatable bonds is 6. The van der Waals surface area contributed by atoms with Gasteiger partial charge in [-0.3, -0.25) is 4.99 Å². The average Bonchev–Trinajstić information content (AvgIpc) is 3.16. The normalized spacial score (nSPS) is 12.5. The highest BCUT2D eigenvalue weighted by molar-refractivity contribution is 7.09. The van der Waals surface area contributed by atoms with Crippen molar-refractivity contribution < 1.29 is 0 Å². The molecule has 0 amide bonds. The molecule has 0 bridgehead atoms. The van der Waals surface area contributed by atoms with Gasteiger partial charge in [0.15, 0.2) is 5.96 Å². The summed E-state index contributed by atoms with van der Waals surface area (Å²) in [6, 6.07) is 4.21. The van der Waals surface area contributed by atoms with Gasteiger partial charge in [-0.15, -0.1) is 11.3 Å². The molecule has 0 aliphatic heterocycles. The molecule has 0 atom stereocenters. The third-order valence-corrected chi connectivity index (χ3v) is 4.96. The molecular weight excluding hydrogens is 330 g/mol. The number of hydrogen-bond acceptors (Lipinski definition) is 3. The summed E-state index contributed by atoms with van der Waals surface area (Å²) in [4.78, 5) is 11.7. The lowest BCUT2D eigenvalue weighted by Crippen LogP contribution is -2.39. The second-order valence-corrected chi connectivity index (χ2v) is 8.27. The Balaban J connectivity index is 1.97. The summed E-state index contributed by atoms with van der Waals surface area (Å²) >= 11 is 1.74. The van der Waals surface area contributed by atoms with E-state index in [0.29, 0.717) is 0 Å². The lowest BCUT2D eigenvalue weighted by Gasteiger charge is -2.22. The SMILES string of the molecule is CCNC(=NCCc1nc(C(C)(C)C)cs1)N(C)Cc1cccn1C.